The maximum absolute atomic E-state index is 15.6. The first kappa shape index (κ1) is 22.1. The van der Waals surface area contributed by atoms with Gasteiger partial charge < -0.3 is 9.88 Å². The number of hydrogen-bond donors (Lipinski definition) is 1. The summed E-state index contributed by atoms with van der Waals surface area (Å²) in [5.74, 6) is 0.365. The van der Waals surface area contributed by atoms with Gasteiger partial charge in [-0.05, 0) is 49.2 Å². The summed E-state index contributed by atoms with van der Waals surface area (Å²) in [7, 11) is 0. The van der Waals surface area contributed by atoms with Crippen molar-refractivity contribution in [3.63, 3.8) is 0 Å². The fraction of sp³-hybridized carbons (Fsp3) is 0.185. The largest absolute Gasteiger partial charge is 0.361 e. The molecule has 0 saturated heterocycles. The highest BCUT2D eigenvalue weighted by molar-refractivity contribution is 6.36. The van der Waals surface area contributed by atoms with Crippen molar-refractivity contribution in [1.82, 2.24) is 19.7 Å². The van der Waals surface area contributed by atoms with Gasteiger partial charge in [0.1, 0.15) is 11.6 Å². The quantitative estimate of drug-likeness (QED) is 0.286. The third-order valence-corrected chi connectivity index (χ3v) is 7.15. The predicted molar refractivity (Wildman–Crippen MR) is 139 cm³/mol. The van der Waals surface area contributed by atoms with Crippen molar-refractivity contribution >= 4 is 39.9 Å². The molecule has 8 heteroatoms. The van der Waals surface area contributed by atoms with Crippen LogP contribution in [0.4, 0.5) is 10.2 Å². The lowest BCUT2D eigenvalue weighted by Crippen LogP contribution is -2.31. The maximum Gasteiger partial charge on any atom is 0.147 e. The van der Waals surface area contributed by atoms with Crippen molar-refractivity contribution in [1.29, 1.82) is 0 Å². The normalized spacial score (nSPS) is 13.5. The van der Waals surface area contributed by atoms with Crippen molar-refractivity contribution in [2.75, 3.05) is 11.4 Å². The number of hydrogen-bond acceptors (Lipinski definition) is 3. The topological polar surface area (TPSA) is 49.7 Å². The van der Waals surface area contributed by atoms with E-state index in [9.17, 15) is 0 Å². The van der Waals surface area contributed by atoms with Gasteiger partial charge in [0.05, 0.1) is 27.1 Å². The van der Waals surface area contributed by atoms with Crippen LogP contribution < -0.4 is 4.90 Å². The van der Waals surface area contributed by atoms with E-state index >= 15 is 4.39 Å². The van der Waals surface area contributed by atoms with Crippen LogP contribution in [0.3, 0.4) is 0 Å². The monoisotopic (exact) mass is 505 g/mol. The van der Waals surface area contributed by atoms with Gasteiger partial charge in [0.2, 0.25) is 0 Å². The standard InChI is InChI=1S/C27H22Cl2FN5/c1-15-4-3-5-16(2)25(15)35-26(19-10-17-6-8-31-24(17)12-22(19)30)20-14-34(9-7-23(20)33-35)27-21(29)11-18(28)13-32-27/h3-6,8,10-13,31H,7,9,14H2,1-2H3. The average Bonchev–Trinajstić information content (AvgIpc) is 3.42. The summed E-state index contributed by atoms with van der Waals surface area (Å²) in [4.78, 5) is 9.68. The predicted octanol–water partition coefficient (Wildman–Crippen LogP) is 7.04. The van der Waals surface area contributed by atoms with E-state index in [4.69, 9.17) is 28.3 Å². The molecule has 0 radical (unpaired) electrons. The number of benzene rings is 2. The van der Waals surface area contributed by atoms with Gasteiger partial charge in [0.25, 0.3) is 0 Å². The first-order chi connectivity index (χ1) is 16.9. The van der Waals surface area contributed by atoms with Gasteiger partial charge in [0.15, 0.2) is 0 Å². The third kappa shape index (κ3) is 3.68. The molecule has 0 atom stereocenters. The fourth-order valence-electron chi connectivity index (χ4n) is 5.03. The number of para-hydroxylation sites is 1. The maximum atomic E-state index is 15.6. The molecule has 6 rings (SSSR count). The number of aromatic amines is 1. The number of pyridine rings is 1. The number of H-pyrrole nitrogens is 1. The van der Waals surface area contributed by atoms with E-state index in [0.717, 1.165) is 44.7 Å². The molecule has 176 valence electrons. The number of aromatic nitrogens is 4. The highest BCUT2D eigenvalue weighted by atomic mass is 35.5. The molecule has 3 aromatic heterocycles. The Morgan fingerprint density at radius 2 is 1.86 bits per heavy atom. The van der Waals surface area contributed by atoms with Gasteiger partial charge in [-0.25, -0.2) is 14.1 Å². The van der Waals surface area contributed by atoms with Crippen LogP contribution in [0.1, 0.15) is 22.4 Å². The summed E-state index contributed by atoms with van der Waals surface area (Å²) in [6.07, 6.45) is 4.11. The lowest BCUT2D eigenvalue weighted by Gasteiger charge is -2.28. The number of nitrogens with zero attached hydrogens (tertiary/aromatic N) is 4. The SMILES string of the molecule is Cc1cccc(C)c1-n1nc2c(c1-c1cc3cc[nH]c3cc1F)CN(c1ncc(Cl)cc1Cl)CC2. The first-order valence-corrected chi connectivity index (χ1v) is 12.2. The van der Waals surface area contributed by atoms with Crippen LogP contribution >= 0.6 is 23.2 Å². The zero-order chi connectivity index (χ0) is 24.3. The Morgan fingerprint density at radius 1 is 1.06 bits per heavy atom. The molecule has 4 heterocycles. The molecule has 0 aliphatic carbocycles. The number of halogens is 3. The summed E-state index contributed by atoms with van der Waals surface area (Å²) < 4.78 is 17.6. The number of rotatable bonds is 3. The number of fused-ring (bicyclic) bond motifs is 2. The second-order valence-electron chi connectivity index (χ2n) is 8.95. The first-order valence-electron chi connectivity index (χ1n) is 11.4. The zero-order valence-electron chi connectivity index (χ0n) is 19.2. The second kappa shape index (κ2) is 8.40. The molecular weight excluding hydrogens is 484 g/mol. The van der Waals surface area contributed by atoms with Gasteiger partial charge in [-0.3, -0.25) is 0 Å². The Bertz CT molecular complexity index is 1580. The minimum Gasteiger partial charge on any atom is -0.361 e. The Labute approximate surface area is 212 Å². The molecule has 5 aromatic rings. The molecule has 1 aliphatic rings. The number of aryl methyl sites for hydroxylation is 2. The molecule has 0 amide bonds. The molecule has 0 unspecified atom stereocenters. The van der Waals surface area contributed by atoms with Crippen LogP contribution in [0.2, 0.25) is 10.0 Å². The van der Waals surface area contributed by atoms with Gasteiger partial charge in [-0.1, -0.05) is 41.4 Å². The van der Waals surface area contributed by atoms with E-state index in [2.05, 4.69) is 40.8 Å². The summed E-state index contributed by atoms with van der Waals surface area (Å²) in [6, 6.07) is 13.2. The van der Waals surface area contributed by atoms with Crippen LogP contribution in [0.5, 0.6) is 0 Å². The minimum atomic E-state index is -0.296. The molecule has 0 bridgehead atoms. The Hall–Kier alpha value is -3.35. The molecule has 0 saturated carbocycles. The summed E-state index contributed by atoms with van der Waals surface area (Å²) >= 11 is 12.6. The molecule has 0 spiro atoms. The van der Waals surface area contributed by atoms with Crippen LogP contribution in [0, 0.1) is 19.7 Å². The number of nitrogens with one attached hydrogen (secondary N) is 1. The van der Waals surface area contributed by atoms with Crippen molar-refractivity contribution in [2.45, 2.75) is 26.8 Å². The van der Waals surface area contributed by atoms with Crippen molar-refractivity contribution in [2.24, 2.45) is 0 Å². The van der Waals surface area contributed by atoms with Crippen LogP contribution in [0.15, 0.2) is 54.9 Å². The highest BCUT2D eigenvalue weighted by Crippen LogP contribution is 2.39. The smallest absolute Gasteiger partial charge is 0.147 e. The van der Waals surface area contributed by atoms with Gasteiger partial charge in [-0.2, -0.15) is 5.10 Å². The van der Waals surface area contributed by atoms with E-state index in [0.29, 0.717) is 40.9 Å². The molecule has 0 fully saturated rings. The van der Waals surface area contributed by atoms with Gasteiger partial charge in [-0.15, -0.1) is 0 Å². The lowest BCUT2D eigenvalue weighted by molar-refractivity contribution is 0.631. The Balaban J connectivity index is 1.59. The van der Waals surface area contributed by atoms with Crippen molar-refractivity contribution < 1.29 is 4.39 Å². The van der Waals surface area contributed by atoms with E-state index in [-0.39, 0.29) is 5.82 Å². The molecule has 5 nitrogen and oxygen atoms in total. The fourth-order valence-corrected chi connectivity index (χ4v) is 5.53. The third-order valence-electron chi connectivity index (χ3n) is 6.67. The lowest BCUT2D eigenvalue weighted by atomic mass is 9.98. The van der Waals surface area contributed by atoms with Crippen LogP contribution in [-0.4, -0.2) is 26.3 Å². The van der Waals surface area contributed by atoms with E-state index < -0.39 is 0 Å². The molecule has 1 N–H and O–H groups in total. The van der Waals surface area contributed by atoms with Crippen LogP contribution in [0.25, 0.3) is 27.8 Å². The van der Waals surface area contributed by atoms with Crippen molar-refractivity contribution in [3.8, 4) is 16.9 Å². The number of anilines is 1. The van der Waals surface area contributed by atoms with E-state index in [1.54, 1.807) is 18.3 Å². The second-order valence-corrected chi connectivity index (χ2v) is 9.80. The molecular formula is C27H22Cl2FN5. The van der Waals surface area contributed by atoms with Gasteiger partial charge >= 0.3 is 0 Å². The van der Waals surface area contributed by atoms with E-state index in [1.165, 1.54) is 0 Å². The summed E-state index contributed by atoms with van der Waals surface area (Å²) in [5.41, 5.74) is 7.09. The summed E-state index contributed by atoms with van der Waals surface area (Å²) in [6.45, 7) is 5.32. The molecule has 1 aliphatic heterocycles. The summed E-state index contributed by atoms with van der Waals surface area (Å²) in [5, 5.41) is 6.96. The Kier molecular flexibility index (Phi) is 5.31. The van der Waals surface area contributed by atoms with Gasteiger partial charge in [0, 0.05) is 53.9 Å². The van der Waals surface area contributed by atoms with E-state index in [1.807, 2.05) is 29.1 Å². The zero-order valence-corrected chi connectivity index (χ0v) is 20.8. The van der Waals surface area contributed by atoms with Crippen molar-refractivity contribution in [3.05, 3.63) is 93.1 Å². The minimum absolute atomic E-state index is 0.296. The average molecular weight is 506 g/mol. The van der Waals surface area contributed by atoms with Crippen LogP contribution in [-0.2, 0) is 13.0 Å². The highest BCUT2D eigenvalue weighted by Gasteiger charge is 2.30. The molecule has 2 aromatic carbocycles. The Morgan fingerprint density at radius 3 is 2.63 bits per heavy atom. The molecule has 35 heavy (non-hydrogen) atoms.